The van der Waals surface area contributed by atoms with Crippen molar-refractivity contribution < 1.29 is 10.2 Å². The van der Waals surface area contributed by atoms with E-state index in [1.807, 2.05) is 0 Å². The highest BCUT2D eigenvalue weighted by atomic mass is 16.3. The first-order valence-corrected chi connectivity index (χ1v) is 7.06. The van der Waals surface area contributed by atoms with Crippen LogP contribution in [0.2, 0.25) is 0 Å². The minimum Gasteiger partial charge on any atom is -0.396 e. The molecule has 0 bridgehead atoms. The van der Waals surface area contributed by atoms with Crippen molar-refractivity contribution in [2.24, 2.45) is 11.3 Å². The summed E-state index contributed by atoms with van der Waals surface area (Å²) in [6, 6.07) is 8.52. The Morgan fingerprint density at radius 3 is 1.74 bits per heavy atom. The van der Waals surface area contributed by atoms with Crippen molar-refractivity contribution in [1.82, 2.24) is 0 Å². The molecular weight excluding hydrogens is 236 g/mol. The zero-order chi connectivity index (χ0) is 14.7. The van der Waals surface area contributed by atoms with E-state index in [0.29, 0.717) is 6.42 Å². The van der Waals surface area contributed by atoms with E-state index in [1.165, 1.54) is 11.1 Å². The topological polar surface area (TPSA) is 40.5 Å². The Morgan fingerprint density at radius 2 is 1.42 bits per heavy atom. The second kappa shape index (κ2) is 6.06. The third-order valence-electron chi connectivity index (χ3n) is 4.23. The lowest BCUT2D eigenvalue weighted by molar-refractivity contribution is 0.0163. The van der Waals surface area contributed by atoms with Gasteiger partial charge in [0.1, 0.15) is 0 Å². The normalized spacial score (nSPS) is 13.1. The fraction of sp³-hybridized carbons (Fsp3) is 0.647. The summed E-state index contributed by atoms with van der Waals surface area (Å²) < 4.78 is 0. The van der Waals surface area contributed by atoms with Crippen LogP contribution >= 0.6 is 0 Å². The molecule has 19 heavy (non-hydrogen) atoms. The van der Waals surface area contributed by atoms with Gasteiger partial charge in [-0.1, -0.05) is 58.9 Å². The van der Waals surface area contributed by atoms with Crippen molar-refractivity contribution in [2.45, 2.75) is 46.5 Å². The molecule has 0 heterocycles. The minimum atomic E-state index is -0.427. The largest absolute Gasteiger partial charge is 0.396 e. The van der Waals surface area contributed by atoms with E-state index in [1.54, 1.807) is 0 Å². The molecule has 0 aliphatic heterocycles. The molecule has 1 rings (SSSR count). The van der Waals surface area contributed by atoms with E-state index in [2.05, 4.69) is 58.9 Å². The molecule has 0 amide bonds. The van der Waals surface area contributed by atoms with Gasteiger partial charge in [0.05, 0.1) is 13.2 Å². The maximum Gasteiger partial charge on any atom is 0.0515 e. The van der Waals surface area contributed by atoms with Gasteiger partial charge in [0.15, 0.2) is 0 Å². The Kier molecular flexibility index (Phi) is 5.17. The van der Waals surface area contributed by atoms with Gasteiger partial charge in [-0.25, -0.2) is 0 Å². The van der Waals surface area contributed by atoms with Gasteiger partial charge in [-0.3, -0.25) is 0 Å². The summed E-state index contributed by atoms with van der Waals surface area (Å²) in [6.45, 7) is 10.7. The fourth-order valence-electron chi connectivity index (χ4n) is 2.26. The van der Waals surface area contributed by atoms with Crippen LogP contribution < -0.4 is 0 Å². The van der Waals surface area contributed by atoms with Crippen molar-refractivity contribution in [2.75, 3.05) is 13.2 Å². The molecular formula is C17H28O2. The van der Waals surface area contributed by atoms with Crippen LogP contribution in [-0.4, -0.2) is 23.4 Å². The van der Waals surface area contributed by atoms with E-state index in [0.717, 1.165) is 0 Å². The van der Waals surface area contributed by atoms with E-state index in [9.17, 15) is 10.2 Å². The molecule has 0 radical (unpaired) electrons. The first-order chi connectivity index (χ1) is 8.75. The Balaban J connectivity index is 2.93. The SMILES string of the molecule is CC(C)C(CO)(CO)Cc1ccc(C(C)(C)C)cc1. The van der Waals surface area contributed by atoms with Gasteiger partial charge in [-0.2, -0.15) is 0 Å². The fourth-order valence-corrected chi connectivity index (χ4v) is 2.26. The number of benzene rings is 1. The quantitative estimate of drug-likeness (QED) is 0.857. The average molecular weight is 264 g/mol. The molecule has 0 spiro atoms. The smallest absolute Gasteiger partial charge is 0.0515 e. The number of hydrogen-bond acceptors (Lipinski definition) is 2. The summed E-state index contributed by atoms with van der Waals surface area (Å²) in [7, 11) is 0. The maximum atomic E-state index is 9.63. The van der Waals surface area contributed by atoms with Crippen LogP contribution in [0.15, 0.2) is 24.3 Å². The van der Waals surface area contributed by atoms with Crippen molar-refractivity contribution in [3.05, 3.63) is 35.4 Å². The second-order valence-electron chi connectivity index (χ2n) is 6.96. The number of hydrogen-bond donors (Lipinski definition) is 2. The van der Waals surface area contributed by atoms with Crippen molar-refractivity contribution >= 4 is 0 Å². The number of aliphatic hydroxyl groups excluding tert-OH is 2. The van der Waals surface area contributed by atoms with E-state index in [-0.39, 0.29) is 24.5 Å². The Morgan fingerprint density at radius 1 is 0.947 bits per heavy atom. The van der Waals surface area contributed by atoms with Crippen LogP contribution in [0, 0.1) is 11.3 Å². The molecule has 1 aromatic rings. The zero-order valence-electron chi connectivity index (χ0n) is 12.9. The lowest BCUT2D eigenvalue weighted by atomic mass is 9.73. The molecule has 0 fully saturated rings. The van der Waals surface area contributed by atoms with Crippen LogP contribution in [0.4, 0.5) is 0 Å². The molecule has 0 aliphatic rings. The molecule has 2 nitrogen and oxygen atoms in total. The summed E-state index contributed by atoms with van der Waals surface area (Å²) in [6.07, 6.45) is 0.710. The molecule has 0 aliphatic carbocycles. The maximum absolute atomic E-state index is 9.63. The van der Waals surface area contributed by atoms with Gasteiger partial charge in [0.25, 0.3) is 0 Å². The van der Waals surface area contributed by atoms with Crippen LogP contribution in [0.3, 0.4) is 0 Å². The van der Waals surface area contributed by atoms with Gasteiger partial charge < -0.3 is 10.2 Å². The highest BCUT2D eigenvalue weighted by Gasteiger charge is 2.32. The van der Waals surface area contributed by atoms with Gasteiger partial charge >= 0.3 is 0 Å². The summed E-state index contributed by atoms with van der Waals surface area (Å²) in [5, 5.41) is 19.3. The van der Waals surface area contributed by atoms with Crippen molar-refractivity contribution in [3.8, 4) is 0 Å². The van der Waals surface area contributed by atoms with Gasteiger partial charge in [-0.05, 0) is 28.9 Å². The third kappa shape index (κ3) is 3.80. The molecule has 0 saturated carbocycles. The Labute approximate surface area is 117 Å². The zero-order valence-corrected chi connectivity index (χ0v) is 12.9. The number of rotatable bonds is 5. The predicted molar refractivity (Wildman–Crippen MR) is 80.3 cm³/mol. The highest BCUT2D eigenvalue weighted by Crippen LogP contribution is 2.32. The molecule has 0 unspecified atom stereocenters. The third-order valence-corrected chi connectivity index (χ3v) is 4.23. The van der Waals surface area contributed by atoms with Crippen LogP contribution in [0.25, 0.3) is 0 Å². The second-order valence-corrected chi connectivity index (χ2v) is 6.96. The van der Waals surface area contributed by atoms with E-state index >= 15 is 0 Å². The molecule has 0 saturated heterocycles. The average Bonchev–Trinajstić information content (AvgIpc) is 2.35. The predicted octanol–water partition coefficient (Wildman–Crippen LogP) is 3.15. The van der Waals surface area contributed by atoms with Crippen molar-refractivity contribution in [3.63, 3.8) is 0 Å². The lowest BCUT2D eigenvalue weighted by Crippen LogP contribution is -2.37. The molecule has 1 aromatic carbocycles. The van der Waals surface area contributed by atoms with E-state index < -0.39 is 5.41 Å². The molecule has 0 aromatic heterocycles. The number of aliphatic hydroxyl groups is 2. The van der Waals surface area contributed by atoms with Crippen molar-refractivity contribution in [1.29, 1.82) is 0 Å². The first kappa shape index (κ1) is 16.2. The Bertz CT molecular complexity index is 381. The standard InChI is InChI=1S/C17H28O2/c1-13(2)17(11-18,12-19)10-14-6-8-15(9-7-14)16(3,4)5/h6-9,13,18-19H,10-12H2,1-5H3. The lowest BCUT2D eigenvalue weighted by Gasteiger charge is -2.34. The van der Waals surface area contributed by atoms with E-state index in [4.69, 9.17) is 0 Å². The Hall–Kier alpha value is -0.860. The molecule has 0 atom stereocenters. The van der Waals surface area contributed by atoms with Gasteiger partial charge in [0, 0.05) is 5.41 Å². The highest BCUT2D eigenvalue weighted by molar-refractivity contribution is 5.28. The summed E-state index contributed by atoms with van der Waals surface area (Å²) in [4.78, 5) is 0. The summed E-state index contributed by atoms with van der Waals surface area (Å²) >= 11 is 0. The molecule has 2 heteroatoms. The van der Waals surface area contributed by atoms with Crippen LogP contribution in [0.1, 0.15) is 45.7 Å². The monoisotopic (exact) mass is 264 g/mol. The van der Waals surface area contributed by atoms with Crippen LogP contribution in [0.5, 0.6) is 0 Å². The summed E-state index contributed by atoms with van der Waals surface area (Å²) in [5.41, 5.74) is 2.20. The first-order valence-electron chi connectivity index (χ1n) is 7.06. The molecule has 2 N–H and O–H groups in total. The summed E-state index contributed by atoms with van der Waals surface area (Å²) in [5.74, 6) is 0.241. The van der Waals surface area contributed by atoms with Crippen LogP contribution in [-0.2, 0) is 11.8 Å². The van der Waals surface area contributed by atoms with Gasteiger partial charge in [0.2, 0.25) is 0 Å². The van der Waals surface area contributed by atoms with Gasteiger partial charge in [-0.15, -0.1) is 0 Å². The molecule has 108 valence electrons. The minimum absolute atomic E-state index is 0.0161.